The Hall–Kier alpha value is -1.97. The minimum absolute atomic E-state index is 0.628. The zero-order chi connectivity index (χ0) is 11.2. The van der Waals surface area contributed by atoms with Crippen LogP contribution in [0.15, 0.2) is 29.2 Å². The summed E-state index contributed by atoms with van der Waals surface area (Å²) in [6, 6.07) is 3.94. The molecule has 0 aliphatic carbocycles. The maximum atomic E-state index is 5.59. The molecule has 0 saturated carbocycles. The molecule has 82 valence electrons. The van der Waals surface area contributed by atoms with Gasteiger partial charge in [0.15, 0.2) is 5.82 Å². The van der Waals surface area contributed by atoms with Crippen molar-refractivity contribution in [1.82, 2.24) is 15.0 Å². The molecule has 0 saturated heterocycles. The van der Waals surface area contributed by atoms with Crippen molar-refractivity contribution in [2.45, 2.75) is 19.8 Å². The van der Waals surface area contributed by atoms with E-state index in [2.05, 4.69) is 21.9 Å². The average molecular weight is 215 g/mol. The van der Waals surface area contributed by atoms with Crippen LogP contribution in [-0.2, 0) is 6.42 Å². The van der Waals surface area contributed by atoms with Crippen molar-refractivity contribution in [3.05, 3.63) is 42.1 Å². The summed E-state index contributed by atoms with van der Waals surface area (Å²) in [6.45, 7) is 2.13. The molecule has 0 amide bonds. The molecule has 4 nitrogen and oxygen atoms in total. The molecule has 0 bridgehead atoms. The highest BCUT2D eigenvalue weighted by molar-refractivity contribution is 5.63. The Labute approximate surface area is 94.1 Å². The smallest absolute Gasteiger partial charge is 0.155 e. The number of rotatable bonds is 4. The standard InChI is InChI=1S/C12H13N3O/c1-2-3-10-4-5-11(16-10)6-7-12-14-8-13-9-15-12/h4-9H,2-3H2,1H3. The molecule has 0 unspecified atom stereocenters. The number of nitrogens with zero attached hydrogens (tertiary/aromatic N) is 3. The first kappa shape index (κ1) is 10.5. The van der Waals surface area contributed by atoms with E-state index in [1.807, 2.05) is 18.2 Å². The minimum Gasteiger partial charge on any atom is -0.462 e. The molecule has 2 aromatic heterocycles. The molecule has 0 aliphatic rings. The second-order valence-electron chi connectivity index (χ2n) is 3.38. The monoisotopic (exact) mass is 215 g/mol. The zero-order valence-electron chi connectivity index (χ0n) is 9.13. The average Bonchev–Trinajstić information content (AvgIpc) is 2.76. The van der Waals surface area contributed by atoms with Crippen LogP contribution in [0.25, 0.3) is 12.2 Å². The lowest BCUT2D eigenvalue weighted by atomic mass is 10.3. The maximum Gasteiger partial charge on any atom is 0.155 e. The SMILES string of the molecule is CCCc1ccc(C=Cc2ncncn2)o1. The van der Waals surface area contributed by atoms with Crippen molar-refractivity contribution in [2.75, 3.05) is 0 Å². The van der Waals surface area contributed by atoms with E-state index >= 15 is 0 Å². The summed E-state index contributed by atoms with van der Waals surface area (Å²) < 4.78 is 5.59. The van der Waals surface area contributed by atoms with E-state index in [1.54, 1.807) is 6.08 Å². The van der Waals surface area contributed by atoms with Gasteiger partial charge in [-0.15, -0.1) is 0 Å². The highest BCUT2D eigenvalue weighted by atomic mass is 16.3. The normalized spacial score (nSPS) is 11.1. The molecule has 0 spiro atoms. The van der Waals surface area contributed by atoms with Crippen molar-refractivity contribution < 1.29 is 4.42 Å². The third-order valence-electron chi connectivity index (χ3n) is 2.09. The van der Waals surface area contributed by atoms with Gasteiger partial charge in [0, 0.05) is 6.42 Å². The van der Waals surface area contributed by atoms with E-state index in [4.69, 9.17) is 4.42 Å². The number of furan rings is 1. The van der Waals surface area contributed by atoms with Crippen molar-refractivity contribution >= 4 is 12.2 Å². The minimum atomic E-state index is 0.628. The van der Waals surface area contributed by atoms with Crippen LogP contribution in [0.5, 0.6) is 0 Å². The molecule has 0 radical (unpaired) electrons. The third kappa shape index (κ3) is 2.76. The lowest BCUT2D eigenvalue weighted by Gasteiger charge is -1.90. The van der Waals surface area contributed by atoms with E-state index in [0.29, 0.717) is 5.82 Å². The Balaban J connectivity index is 2.06. The second kappa shape index (κ2) is 5.21. The predicted molar refractivity (Wildman–Crippen MR) is 61.5 cm³/mol. The van der Waals surface area contributed by atoms with Gasteiger partial charge in [-0.25, -0.2) is 15.0 Å². The van der Waals surface area contributed by atoms with E-state index < -0.39 is 0 Å². The molecular weight excluding hydrogens is 202 g/mol. The van der Waals surface area contributed by atoms with Crippen LogP contribution in [0.3, 0.4) is 0 Å². The fourth-order valence-electron chi connectivity index (χ4n) is 1.36. The first-order valence-corrected chi connectivity index (χ1v) is 5.27. The van der Waals surface area contributed by atoms with Crippen LogP contribution in [0.2, 0.25) is 0 Å². The molecule has 2 heterocycles. The molecule has 0 aliphatic heterocycles. The summed E-state index contributed by atoms with van der Waals surface area (Å²) in [4.78, 5) is 11.7. The molecule has 16 heavy (non-hydrogen) atoms. The van der Waals surface area contributed by atoms with Gasteiger partial charge in [-0.3, -0.25) is 0 Å². The van der Waals surface area contributed by atoms with Crippen LogP contribution in [-0.4, -0.2) is 15.0 Å². The molecule has 0 aromatic carbocycles. The summed E-state index contributed by atoms with van der Waals surface area (Å²) in [5.74, 6) is 2.46. The number of aryl methyl sites for hydroxylation is 1. The van der Waals surface area contributed by atoms with Gasteiger partial charge in [0.2, 0.25) is 0 Å². The van der Waals surface area contributed by atoms with Crippen LogP contribution in [0.1, 0.15) is 30.7 Å². The largest absolute Gasteiger partial charge is 0.462 e. The van der Waals surface area contributed by atoms with Gasteiger partial charge >= 0.3 is 0 Å². The van der Waals surface area contributed by atoms with Gasteiger partial charge in [0.1, 0.15) is 24.2 Å². The van der Waals surface area contributed by atoms with Gasteiger partial charge in [-0.1, -0.05) is 6.92 Å². The van der Waals surface area contributed by atoms with Crippen LogP contribution in [0.4, 0.5) is 0 Å². The van der Waals surface area contributed by atoms with Gasteiger partial charge in [-0.2, -0.15) is 0 Å². The Morgan fingerprint density at radius 1 is 1.19 bits per heavy atom. The summed E-state index contributed by atoms with van der Waals surface area (Å²) in [7, 11) is 0. The molecule has 0 fully saturated rings. The fourth-order valence-corrected chi connectivity index (χ4v) is 1.36. The van der Waals surface area contributed by atoms with Crippen molar-refractivity contribution in [3.8, 4) is 0 Å². The first-order chi connectivity index (χ1) is 7.88. The Kier molecular flexibility index (Phi) is 3.43. The quantitative estimate of drug-likeness (QED) is 0.786. The summed E-state index contributed by atoms with van der Waals surface area (Å²) in [5, 5.41) is 0. The number of hydrogen-bond acceptors (Lipinski definition) is 4. The molecule has 4 heteroatoms. The molecule has 2 aromatic rings. The van der Waals surface area contributed by atoms with Gasteiger partial charge in [-0.05, 0) is 30.7 Å². The van der Waals surface area contributed by atoms with E-state index in [9.17, 15) is 0 Å². The predicted octanol–water partition coefficient (Wildman–Crippen LogP) is 2.59. The highest BCUT2D eigenvalue weighted by Gasteiger charge is 1.97. The molecule has 0 N–H and O–H groups in total. The summed E-state index contributed by atoms with van der Waals surface area (Å²) in [6.07, 6.45) is 8.66. The molecule has 2 rings (SSSR count). The molecule has 0 atom stereocenters. The van der Waals surface area contributed by atoms with Crippen molar-refractivity contribution in [1.29, 1.82) is 0 Å². The first-order valence-electron chi connectivity index (χ1n) is 5.27. The highest BCUT2D eigenvalue weighted by Crippen LogP contribution is 2.12. The zero-order valence-corrected chi connectivity index (χ0v) is 9.13. The fraction of sp³-hybridized carbons (Fsp3) is 0.250. The lowest BCUT2D eigenvalue weighted by molar-refractivity contribution is 0.498. The topological polar surface area (TPSA) is 51.8 Å². The number of aromatic nitrogens is 3. The van der Waals surface area contributed by atoms with E-state index in [0.717, 1.165) is 24.4 Å². The van der Waals surface area contributed by atoms with Gasteiger partial charge in [0.05, 0.1) is 0 Å². The van der Waals surface area contributed by atoms with Crippen LogP contribution < -0.4 is 0 Å². The van der Waals surface area contributed by atoms with Gasteiger partial charge in [0.25, 0.3) is 0 Å². The second-order valence-corrected chi connectivity index (χ2v) is 3.38. The van der Waals surface area contributed by atoms with Crippen molar-refractivity contribution in [2.24, 2.45) is 0 Å². The lowest BCUT2D eigenvalue weighted by Crippen LogP contribution is -1.85. The Morgan fingerprint density at radius 3 is 2.75 bits per heavy atom. The van der Waals surface area contributed by atoms with E-state index in [1.165, 1.54) is 12.7 Å². The summed E-state index contributed by atoms with van der Waals surface area (Å²) in [5.41, 5.74) is 0. The van der Waals surface area contributed by atoms with Crippen LogP contribution in [0, 0.1) is 0 Å². The Morgan fingerprint density at radius 2 is 2.00 bits per heavy atom. The van der Waals surface area contributed by atoms with E-state index in [-0.39, 0.29) is 0 Å². The maximum absolute atomic E-state index is 5.59. The van der Waals surface area contributed by atoms with Crippen molar-refractivity contribution in [3.63, 3.8) is 0 Å². The number of hydrogen-bond donors (Lipinski definition) is 0. The molecular formula is C12H13N3O. The third-order valence-corrected chi connectivity index (χ3v) is 2.09. The van der Waals surface area contributed by atoms with Crippen LogP contribution >= 0.6 is 0 Å². The Bertz CT molecular complexity index is 462. The van der Waals surface area contributed by atoms with Gasteiger partial charge < -0.3 is 4.42 Å². The summed E-state index contributed by atoms with van der Waals surface area (Å²) >= 11 is 0.